The summed E-state index contributed by atoms with van der Waals surface area (Å²) in [6.07, 6.45) is 3.33. The van der Waals surface area contributed by atoms with E-state index < -0.39 is 5.23 Å². The van der Waals surface area contributed by atoms with Crippen LogP contribution >= 0.6 is 11.6 Å². The minimum Gasteiger partial charge on any atom is -0.595 e. The molecule has 0 aliphatic heterocycles. The fourth-order valence-corrected chi connectivity index (χ4v) is 1.95. The van der Waals surface area contributed by atoms with Crippen molar-refractivity contribution in [3.63, 3.8) is 0 Å². The van der Waals surface area contributed by atoms with E-state index in [9.17, 15) is 10.4 Å². The van der Waals surface area contributed by atoms with Crippen LogP contribution in [0.2, 0.25) is 5.02 Å². The molecule has 0 aliphatic carbocycles. The van der Waals surface area contributed by atoms with E-state index in [0.29, 0.717) is 21.8 Å². The van der Waals surface area contributed by atoms with Gasteiger partial charge in [0.05, 0.1) is 5.02 Å². The molecule has 2 aromatic rings. The fraction of sp³-hybridized carbons (Fsp3) is 0.0909. The molecule has 1 atom stereocenters. The van der Waals surface area contributed by atoms with E-state index >= 15 is 0 Å². The number of nitrogens with one attached hydrogen (secondary N) is 2. The largest absolute Gasteiger partial charge is 0.595 e. The molecule has 0 amide bonds. The molecule has 5 heteroatoms. The zero-order chi connectivity index (χ0) is 11.7. The quantitative estimate of drug-likeness (QED) is 0.701. The van der Waals surface area contributed by atoms with E-state index in [2.05, 4.69) is 4.98 Å². The molecule has 4 nitrogen and oxygen atoms in total. The number of hydrogen-bond donors (Lipinski definition) is 3. The molecular formula is C11H11ClN2O2. The lowest BCUT2D eigenvalue weighted by molar-refractivity contribution is -0.991. The molecule has 0 fully saturated rings. The van der Waals surface area contributed by atoms with E-state index in [1.165, 1.54) is 0 Å². The number of aromatic amines is 1. The van der Waals surface area contributed by atoms with Crippen LogP contribution < -0.4 is 5.23 Å². The maximum atomic E-state index is 11.2. The molecule has 1 unspecified atom stereocenters. The van der Waals surface area contributed by atoms with Crippen LogP contribution in [0.5, 0.6) is 0 Å². The van der Waals surface area contributed by atoms with Crippen LogP contribution in [-0.4, -0.2) is 10.2 Å². The molecule has 84 valence electrons. The topological polar surface area (TPSA) is 63.5 Å². The highest BCUT2D eigenvalue weighted by molar-refractivity contribution is 6.33. The summed E-state index contributed by atoms with van der Waals surface area (Å²) in [5.41, 5.74) is 2.37. The van der Waals surface area contributed by atoms with E-state index in [-0.39, 0.29) is 0 Å². The average Bonchev–Trinajstić information content (AvgIpc) is 2.63. The molecule has 0 saturated heterocycles. The lowest BCUT2D eigenvalue weighted by Crippen LogP contribution is -2.99. The van der Waals surface area contributed by atoms with E-state index in [4.69, 9.17) is 11.6 Å². The molecule has 0 bridgehead atoms. The number of para-hydroxylation sites is 1. The van der Waals surface area contributed by atoms with Gasteiger partial charge < -0.3 is 10.2 Å². The Morgan fingerprint density at radius 1 is 1.31 bits per heavy atom. The van der Waals surface area contributed by atoms with Crippen molar-refractivity contribution < 1.29 is 10.4 Å². The van der Waals surface area contributed by atoms with Gasteiger partial charge in [-0.05, 0) is 13.0 Å². The lowest BCUT2D eigenvalue weighted by Gasteiger charge is -2.17. The third-order valence-electron chi connectivity index (χ3n) is 2.47. The minimum atomic E-state index is -0.939. The first-order chi connectivity index (χ1) is 7.61. The number of quaternary nitrogens is 1. The van der Waals surface area contributed by atoms with Gasteiger partial charge in [-0.2, -0.15) is 5.23 Å². The summed E-state index contributed by atoms with van der Waals surface area (Å²) in [6, 6.07) is 5.35. The van der Waals surface area contributed by atoms with Gasteiger partial charge in [-0.15, -0.1) is 0 Å². The van der Waals surface area contributed by atoms with Crippen LogP contribution in [0.25, 0.3) is 11.1 Å². The van der Waals surface area contributed by atoms with Crippen molar-refractivity contribution in [1.29, 1.82) is 0 Å². The van der Waals surface area contributed by atoms with Gasteiger partial charge in [0.1, 0.15) is 0 Å². The second kappa shape index (κ2) is 4.27. The Morgan fingerprint density at radius 2 is 2.06 bits per heavy atom. The average molecular weight is 239 g/mol. The van der Waals surface area contributed by atoms with Crippen molar-refractivity contribution in [2.75, 3.05) is 0 Å². The van der Waals surface area contributed by atoms with Crippen LogP contribution in [0, 0.1) is 12.1 Å². The molecule has 0 aliphatic rings. The molecule has 16 heavy (non-hydrogen) atoms. The number of H-pyrrole nitrogens is 1. The molecule has 1 aromatic heterocycles. The number of benzene rings is 1. The second-order valence-corrected chi connectivity index (χ2v) is 3.93. The normalized spacial score (nSPS) is 12.8. The number of halogens is 1. The van der Waals surface area contributed by atoms with Gasteiger partial charge in [-0.25, -0.2) is 5.21 Å². The fourth-order valence-electron chi connectivity index (χ4n) is 1.73. The first kappa shape index (κ1) is 11.2. The summed E-state index contributed by atoms with van der Waals surface area (Å²) in [7, 11) is 0. The van der Waals surface area contributed by atoms with Crippen molar-refractivity contribution in [3.8, 4) is 11.1 Å². The van der Waals surface area contributed by atoms with Crippen LogP contribution in [-0.2, 0) is 0 Å². The van der Waals surface area contributed by atoms with Crippen LogP contribution in [0.15, 0.2) is 30.6 Å². The van der Waals surface area contributed by atoms with Gasteiger partial charge in [0.25, 0.3) is 0 Å². The van der Waals surface area contributed by atoms with Gasteiger partial charge in [0, 0.05) is 29.1 Å². The van der Waals surface area contributed by atoms with Crippen molar-refractivity contribution in [3.05, 3.63) is 46.4 Å². The second-order valence-electron chi connectivity index (χ2n) is 3.52. The summed E-state index contributed by atoms with van der Waals surface area (Å²) in [5.74, 6) is 0. The number of aryl methyl sites for hydroxylation is 1. The zero-order valence-corrected chi connectivity index (χ0v) is 9.38. The molecule has 0 spiro atoms. The standard InChI is InChI=1S/C11H11ClN2O2/c1-7-3-2-4-8(11(7)14(15)16)9-5-13-6-10(9)12/h2-6,13-15H,1H3. The smallest absolute Gasteiger partial charge is 0.174 e. The predicted molar refractivity (Wildman–Crippen MR) is 61.8 cm³/mol. The molecule has 3 N–H and O–H groups in total. The van der Waals surface area contributed by atoms with Crippen molar-refractivity contribution in [1.82, 2.24) is 4.98 Å². The third-order valence-corrected chi connectivity index (χ3v) is 2.78. The van der Waals surface area contributed by atoms with E-state index in [1.54, 1.807) is 31.5 Å². The highest BCUT2D eigenvalue weighted by Crippen LogP contribution is 2.32. The Hall–Kier alpha value is -1.33. The maximum absolute atomic E-state index is 11.2. The highest BCUT2D eigenvalue weighted by atomic mass is 35.5. The molecule has 0 radical (unpaired) electrons. The first-order valence-electron chi connectivity index (χ1n) is 4.77. The monoisotopic (exact) mass is 238 g/mol. The Kier molecular flexibility index (Phi) is 2.98. The van der Waals surface area contributed by atoms with Crippen LogP contribution in [0.1, 0.15) is 5.56 Å². The van der Waals surface area contributed by atoms with Gasteiger partial charge in [-0.1, -0.05) is 23.7 Å². The van der Waals surface area contributed by atoms with Crippen molar-refractivity contribution >= 4 is 17.3 Å². The Balaban J connectivity index is 2.66. The SMILES string of the molecule is Cc1cccc(-c2c[nH]cc2Cl)c1[NH+]([O-])O. The third kappa shape index (κ3) is 1.83. The van der Waals surface area contributed by atoms with Crippen molar-refractivity contribution in [2.45, 2.75) is 6.92 Å². The minimum absolute atomic E-state index is 0.295. The number of rotatable bonds is 2. The predicted octanol–water partition coefficient (Wildman–Crippen LogP) is 2.05. The summed E-state index contributed by atoms with van der Waals surface area (Å²) in [6.45, 7) is 1.77. The first-order valence-corrected chi connectivity index (χ1v) is 5.14. The Labute approximate surface area is 97.6 Å². The molecule has 1 heterocycles. The Bertz CT molecular complexity index is 508. The summed E-state index contributed by atoms with van der Waals surface area (Å²) in [4.78, 5) is 2.86. The molecular weight excluding hydrogens is 228 g/mol. The summed E-state index contributed by atoms with van der Waals surface area (Å²) < 4.78 is 0. The number of hydrogen-bond acceptors (Lipinski definition) is 2. The summed E-state index contributed by atoms with van der Waals surface area (Å²) >= 11 is 5.98. The van der Waals surface area contributed by atoms with E-state index in [1.807, 2.05) is 6.07 Å². The van der Waals surface area contributed by atoms with Crippen LogP contribution in [0.4, 0.5) is 5.69 Å². The van der Waals surface area contributed by atoms with Gasteiger partial charge in [0.2, 0.25) is 0 Å². The van der Waals surface area contributed by atoms with Gasteiger partial charge in [0.15, 0.2) is 5.69 Å². The van der Waals surface area contributed by atoms with Crippen molar-refractivity contribution in [2.24, 2.45) is 0 Å². The lowest BCUT2D eigenvalue weighted by atomic mass is 10.0. The van der Waals surface area contributed by atoms with Crippen LogP contribution in [0.3, 0.4) is 0 Å². The molecule has 2 rings (SSSR count). The summed E-state index contributed by atoms with van der Waals surface area (Å²) in [5, 5.41) is 20.0. The highest BCUT2D eigenvalue weighted by Gasteiger charge is 2.16. The zero-order valence-electron chi connectivity index (χ0n) is 8.62. The van der Waals surface area contributed by atoms with Gasteiger partial charge >= 0.3 is 0 Å². The maximum Gasteiger partial charge on any atom is 0.174 e. The number of aromatic nitrogens is 1. The van der Waals surface area contributed by atoms with E-state index in [0.717, 1.165) is 5.56 Å². The Morgan fingerprint density at radius 3 is 2.62 bits per heavy atom. The van der Waals surface area contributed by atoms with Gasteiger partial charge in [-0.3, -0.25) is 0 Å². The molecule has 0 saturated carbocycles. The molecule has 1 aromatic carbocycles.